The van der Waals surface area contributed by atoms with Crippen LogP contribution >= 0.6 is 11.8 Å². The van der Waals surface area contributed by atoms with Crippen molar-refractivity contribution in [3.05, 3.63) is 65.5 Å². The van der Waals surface area contributed by atoms with Crippen LogP contribution in [0.3, 0.4) is 0 Å². The number of thioether (sulfide) groups is 1. The first-order chi connectivity index (χ1) is 15.1. The van der Waals surface area contributed by atoms with E-state index in [4.69, 9.17) is 4.74 Å². The van der Waals surface area contributed by atoms with Crippen molar-refractivity contribution in [3.8, 4) is 5.75 Å². The van der Waals surface area contributed by atoms with E-state index in [1.807, 2.05) is 35.9 Å². The number of anilines is 1. The van der Waals surface area contributed by atoms with E-state index in [1.165, 1.54) is 17.3 Å². The number of hydrogen-bond acceptors (Lipinski definition) is 6. The maximum Gasteiger partial charge on any atom is 0.240 e. The molecule has 2 heterocycles. The number of carbonyl (C=O) groups is 1. The average molecular weight is 438 g/mol. The molecule has 1 aliphatic heterocycles. The highest BCUT2D eigenvalue weighted by Gasteiger charge is 2.37. The summed E-state index contributed by atoms with van der Waals surface area (Å²) in [6, 6.07) is 15.5. The number of fused-ring (bicyclic) bond motifs is 1. The first-order valence-corrected chi connectivity index (χ1v) is 11.4. The molecule has 8 heteroatoms. The van der Waals surface area contributed by atoms with Crippen LogP contribution in [-0.4, -0.2) is 32.6 Å². The lowest BCUT2D eigenvalue weighted by atomic mass is 10.0. The highest BCUT2D eigenvalue weighted by molar-refractivity contribution is 8.00. The molecule has 162 valence electrons. The molecule has 0 bridgehead atoms. The zero-order valence-corrected chi connectivity index (χ0v) is 18.8. The van der Waals surface area contributed by atoms with Crippen LogP contribution in [0.2, 0.25) is 0 Å². The molecule has 1 aliphatic rings. The van der Waals surface area contributed by atoms with Gasteiger partial charge in [0.25, 0.3) is 0 Å². The minimum atomic E-state index is -0.402. The Morgan fingerprint density at radius 2 is 1.87 bits per heavy atom. The Labute approximate surface area is 186 Å². The standard InChI is InChI=1S/C23H27N5O2S/c1-4-6-19-25-26-23-28(19)27-20(16-9-7-15(3)8-10-16)21(31-23)22(29)24-17-11-13-18(14-12-17)30-5-2/h7-14,20-21,27H,4-6H2,1-3H3,(H,24,29)/t20-,21+/m0/s1. The SMILES string of the molecule is CCCc1nnc2n1N[C@@H](c1ccc(C)cc1)[C@H](C(=O)Nc1ccc(OCC)cc1)S2. The van der Waals surface area contributed by atoms with Gasteiger partial charge >= 0.3 is 0 Å². The van der Waals surface area contributed by atoms with Gasteiger partial charge in [0.1, 0.15) is 11.0 Å². The molecule has 0 fully saturated rings. The molecule has 0 aliphatic carbocycles. The summed E-state index contributed by atoms with van der Waals surface area (Å²) in [4.78, 5) is 13.3. The lowest BCUT2D eigenvalue weighted by molar-refractivity contribution is -0.116. The number of hydrogen-bond donors (Lipinski definition) is 2. The number of aromatic nitrogens is 3. The number of nitrogens with one attached hydrogen (secondary N) is 2. The Morgan fingerprint density at radius 1 is 1.13 bits per heavy atom. The van der Waals surface area contributed by atoms with Crippen LogP contribution in [0.5, 0.6) is 5.75 Å². The number of rotatable bonds is 7. The van der Waals surface area contributed by atoms with Crippen molar-refractivity contribution in [1.29, 1.82) is 0 Å². The van der Waals surface area contributed by atoms with E-state index >= 15 is 0 Å². The molecule has 0 saturated carbocycles. The van der Waals surface area contributed by atoms with E-state index < -0.39 is 5.25 Å². The summed E-state index contributed by atoms with van der Waals surface area (Å²) in [6.45, 7) is 6.72. The Hall–Kier alpha value is -3.00. The van der Waals surface area contributed by atoms with Crippen molar-refractivity contribution in [2.24, 2.45) is 0 Å². The normalized spacial score (nSPS) is 17.5. The average Bonchev–Trinajstić information content (AvgIpc) is 3.17. The molecular formula is C23H27N5O2S. The van der Waals surface area contributed by atoms with E-state index in [0.717, 1.165) is 35.7 Å². The molecule has 1 amide bonds. The predicted molar refractivity (Wildman–Crippen MR) is 123 cm³/mol. The number of amides is 1. The molecule has 7 nitrogen and oxygen atoms in total. The largest absolute Gasteiger partial charge is 0.494 e. The highest BCUT2D eigenvalue weighted by Crippen LogP contribution is 2.37. The number of benzene rings is 2. The molecule has 0 saturated heterocycles. The number of nitrogens with zero attached hydrogens (tertiary/aromatic N) is 3. The quantitative estimate of drug-likeness (QED) is 0.572. The van der Waals surface area contributed by atoms with E-state index in [2.05, 4.69) is 59.1 Å². The van der Waals surface area contributed by atoms with Crippen molar-refractivity contribution in [2.45, 2.75) is 50.1 Å². The lowest BCUT2D eigenvalue weighted by Crippen LogP contribution is -2.41. The second-order valence-corrected chi connectivity index (χ2v) is 8.60. The Kier molecular flexibility index (Phi) is 6.46. The highest BCUT2D eigenvalue weighted by atomic mass is 32.2. The molecule has 1 aromatic heterocycles. The maximum atomic E-state index is 13.3. The molecule has 0 radical (unpaired) electrons. The molecule has 0 spiro atoms. The topological polar surface area (TPSA) is 81.1 Å². The second kappa shape index (κ2) is 9.43. The van der Waals surface area contributed by atoms with E-state index in [0.29, 0.717) is 11.8 Å². The van der Waals surface area contributed by atoms with Crippen molar-refractivity contribution in [2.75, 3.05) is 17.3 Å². The molecule has 0 unspecified atom stereocenters. The molecule has 2 aromatic carbocycles. The Morgan fingerprint density at radius 3 is 2.55 bits per heavy atom. The van der Waals surface area contributed by atoms with Gasteiger partial charge in [0.15, 0.2) is 5.82 Å². The summed E-state index contributed by atoms with van der Waals surface area (Å²) in [5.41, 5.74) is 6.46. The monoisotopic (exact) mass is 437 g/mol. The zero-order chi connectivity index (χ0) is 21.8. The second-order valence-electron chi connectivity index (χ2n) is 7.49. The Bertz CT molecular complexity index is 1030. The fraction of sp³-hybridized carbons (Fsp3) is 0.348. The van der Waals surface area contributed by atoms with Crippen molar-refractivity contribution in [1.82, 2.24) is 14.9 Å². The lowest BCUT2D eigenvalue weighted by Gasteiger charge is -2.33. The van der Waals surface area contributed by atoms with Crippen LogP contribution in [0, 0.1) is 6.92 Å². The summed E-state index contributed by atoms with van der Waals surface area (Å²) in [5.74, 6) is 1.58. The van der Waals surface area contributed by atoms with Crippen LogP contribution in [0.25, 0.3) is 0 Å². The van der Waals surface area contributed by atoms with Gasteiger partial charge in [0.05, 0.1) is 12.6 Å². The molecule has 3 aromatic rings. The van der Waals surface area contributed by atoms with Gasteiger partial charge in [0, 0.05) is 12.1 Å². The summed E-state index contributed by atoms with van der Waals surface area (Å²) in [7, 11) is 0. The van der Waals surface area contributed by atoms with Gasteiger partial charge in [-0.25, -0.2) is 4.68 Å². The van der Waals surface area contributed by atoms with Gasteiger partial charge in [-0.2, -0.15) is 0 Å². The van der Waals surface area contributed by atoms with Gasteiger partial charge in [-0.15, -0.1) is 10.2 Å². The van der Waals surface area contributed by atoms with Crippen LogP contribution in [0.15, 0.2) is 53.7 Å². The van der Waals surface area contributed by atoms with E-state index in [-0.39, 0.29) is 11.9 Å². The molecule has 2 atom stereocenters. The third-order valence-corrected chi connectivity index (χ3v) is 6.32. The van der Waals surface area contributed by atoms with Gasteiger partial charge in [-0.1, -0.05) is 48.5 Å². The molecular weight excluding hydrogens is 410 g/mol. The van der Waals surface area contributed by atoms with Crippen LogP contribution in [-0.2, 0) is 11.2 Å². The van der Waals surface area contributed by atoms with E-state index in [1.54, 1.807) is 0 Å². The molecule has 4 rings (SSSR count). The summed E-state index contributed by atoms with van der Waals surface area (Å²) >= 11 is 1.44. The molecule has 2 N–H and O–H groups in total. The summed E-state index contributed by atoms with van der Waals surface area (Å²) in [6.07, 6.45) is 1.80. The number of carbonyl (C=O) groups excluding carboxylic acids is 1. The summed E-state index contributed by atoms with van der Waals surface area (Å²) < 4.78 is 7.41. The number of aryl methyl sites for hydroxylation is 2. The van der Waals surface area contributed by atoms with Crippen LogP contribution < -0.4 is 15.5 Å². The van der Waals surface area contributed by atoms with Crippen molar-refractivity contribution in [3.63, 3.8) is 0 Å². The smallest absolute Gasteiger partial charge is 0.240 e. The fourth-order valence-corrected chi connectivity index (χ4v) is 4.62. The minimum Gasteiger partial charge on any atom is -0.494 e. The first kappa shape index (κ1) is 21.2. The summed E-state index contributed by atoms with van der Waals surface area (Å²) in [5, 5.41) is 12.0. The third kappa shape index (κ3) is 4.69. The van der Waals surface area contributed by atoms with Crippen LogP contribution in [0.4, 0.5) is 5.69 Å². The zero-order valence-electron chi connectivity index (χ0n) is 18.0. The van der Waals surface area contributed by atoms with Gasteiger partial charge < -0.3 is 15.5 Å². The minimum absolute atomic E-state index is 0.0847. The van der Waals surface area contributed by atoms with Crippen molar-refractivity contribution < 1.29 is 9.53 Å². The Balaban J connectivity index is 1.60. The van der Waals surface area contributed by atoms with E-state index in [9.17, 15) is 4.79 Å². The fourth-order valence-electron chi connectivity index (χ4n) is 3.52. The van der Waals surface area contributed by atoms with Gasteiger partial charge in [-0.3, -0.25) is 4.79 Å². The van der Waals surface area contributed by atoms with Gasteiger partial charge in [-0.05, 0) is 50.1 Å². The number of ether oxygens (including phenoxy) is 1. The maximum absolute atomic E-state index is 13.3. The third-order valence-electron chi connectivity index (χ3n) is 5.11. The van der Waals surface area contributed by atoms with Gasteiger partial charge in [0.2, 0.25) is 11.1 Å². The first-order valence-electron chi connectivity index (χ1n) is 10.6. The predicted octanol–water partition coefficient (Wildman–Crippen LogP) is 4.34. The van der Waals surface area contributed by atoms with Crippen molar-refractivity contribution >= 4 is 23.4 Å². The molecule has 31 heavy (non-hydrogen) atoms. The van der Waals surface area contributed by atoms with Crippen LogP contribution in [0.1, 0.15) is 43.3 Å².